The molecular formula is C25H24O3S. The first-order chi connectivity index (χ1) is 13.7. The summed E-state index contributed by atoms with van der Waals surface area (Å²) in [7, 11) is 0. The van der Waals surface area contributed by atoms with Gasteiger partial charge in [-0.25, -0.2) is 0 Å². The van der Waals surface area contributed by atoms with E-state index in [9.17, 15) is 9.90 Å². The lowest BCUT2D eigenvalue weighted by atomic mass is 9.83. The van der Waals surface area contributed by atoms with E-state index < -0.39 is 0 Å². The number of fused-ring (bicyclic) bond motifs is 2. The lowest BCUT2D eigenvalue weighted by molar-refractivity contribution is -0.116. The van der Waals surface area contributed by atoms with Crippen LogP contribution in [0, 0.1) is 5.41 Å². The van der Waals surface area contributed by atoms with Gasteiger partial charge in [0.2, 0.25) is 0 Å². The van der Waals surface area contributed by atoms with E-state index in [4.69, 9.17) is 17.0 Å². The Morgan fingerprint density at radius 3 is 2.55 bits per heavy atom. The molecule has 29 heavy (non-hydrogen) atoms. The maximum Gasteiger partial charge on any atom is 0.159 e. The Balaban J connectivity index is 1.76. The van der Waals surface area contributed by atoms with Crippen molar-refractivity contribution in [2.45, 2.75) is 39.7 Å². The van der Waals surface area contributed by atoms with Crippen LogP contribution in [0.3, 0.4) is 0 Å². The van der Waals surface area contributed by atoms with E-state index in [1.165, 1.54) is 5.56 Å². The van der Waals surface area contributed by atoms with E-state index in [-0.39, 0.29) is 23.1 Å². The zero-order valence-electron chi connectivity index (χ0n) is 16.9. The number of thiocarbonyl (C=S) groups is 1. The van der Waals surface area contributed by atoms with Crippen LogP contribution in [0.15, 0.2) is 60.2 Å². The summed E-state index contributed by atoms with van der Waals surface area (Å²) in [5, 5.41) is 9.89. The lowest BCUT2D eigenvalue weighted by Crippen LogP contribution is -2.29. The summed E-state index contributed by atoms with van der Waals surface area (Å²) < 4.78 is 6.05. The normalized spacial score (nSPS) is 18.2. The van der Waals surface area contributed by atoms with E-state index >= 15 is 0 Å². The summed E-state index contributed by atoms with van der Waals surface area (Å²) in [4.78, 5) is 13.0. The zero-order valence-corrected chi connectivity index (χ0v) is 17.7. The number of aromatic hydroxyl groups is 1. The minimum absolute atomic E-state index is 0.00685. The van der Waals surface area contributed by atoms with Crippen LogP contribution in [0.5, 0.6) is 11.5 Å². The van der Waals surface area contributed by atoms with Gasteiger partial charge in [0, 0.05) is 28.5 Å². The Morgan fingerprint density at radius 1 is 1.14 bits per heavy atom. The van der Waals surface area contributed by atoms with Crippen LogP contribution >= 0.6 is 12.2 Å². The van der Waals surface area contributed by atoms with Gasteiger partial charge in [-0.15, -0.1) is 0 Å². The number of rotatable bonds is 3. The summed E-state index contributed by atoms with van der Waals surface area (Å²) in [5.41, 5.74) is 5.22. The Labute approximate surface area is 176 Å². The zero-order chi connectivity index (χ0) is 20.8. The number of phenols is 1. The molecule has 1 N–H and O–H groups in total. The SMILES string of the molecule is CC(C)(C)C(=S)Cc1ccc(C2=C3C=CC(=O)CC3Oc3cc(O)ccc32)cc1. The molecule has 0 radical (unpaired) electrons. The molecule has 0 spiro atoms. The number of carbonyl (C=O) groups is 1. The third-order valence-electron chi connectivity index (χ3n) is 5.42. The van der Waals surface area contributed by atoms with Crippen molar-refractivity contribution < 1.29 is 14.6 Å². The summed E-state index contributed by atoms with van der Waals surface area (Å²) >= 11 is 5.59. The molecule has 2 aromatic carbocycles. The van der Waals surface area contributed by atoms with Crippen molar-refractivity contribution in [2.24, 2.45) is 5.41 Å². The monoisotopic (exact) mass is 404 g/mol. The molecule has 0 fully saturated rings. The average Bonchev–Trinajstić information content (AvgIpc) is 2.66. The fourth-order valence-corrected chi connectivity index (χ4v) is 3.85. The molecule has 0 saturated carbocycles. The number of ether oxygens (including phenoxy) is 1. The molecule has 4 rings (SSSR count). The smallest absolute Gasteiger partial charge is 0.159 e. The summed E-state index contributed by atoms with van der Waals surface area (Å²) in [6.07, 6.45) is 4.24. The van der Waals surface area contributed by atoms with Crippen LogP contribution in [-0.2, 0) is 11.2 Å². The molecule has 0 saturated heterocycles. The first-order valence-electron chi connectivity index (χ1n) is 9.80. The largest absolute Gasteiger partial charge is 0.508 e. The van der Waals surface area contributed by atoms with Gasteiger partial charge in [0.05, 0.1) is 6.42 Å². The van der Waals surface area contributed by atoms with Crippen LogP contribution < -0.4 is 4.74 Å². The van der Waals surface area contributed by atoms with E-state index in [1.54, 1.807) is 18.2 Å². The Morgan fingerprint density at radius 2 is 1.86 bits per heavy atom. The van der Waals surface area contributed by atoms with Crippen LogP contribution in [-0.4, -0.2) is 21.9 Å². The molecular weight excluding hydrogens is 380 g/mol. The molecule has 1 aliphatic heterocycles. The Bertz CT molecular complexity index is 1050. The first kappa shape index (κ1) is 19.6. The van der Waals surface area contributed by atoms with Gasteiger partial charge in [-0.3, -0.25) is 4.79 Å². The highest BCUT2D eigenvalue weighted by atomic mass is 32.1. The average molecular weight is 405 g/mol. The highest BCUT2D eigenvalue weighted by molar-refractivity contribution is 7.80. The Hall–Kier alpha value is -2.72. The first-order valence-corrected chi connectivity index (χ1v) is 10.2. The number of allylic oxidation sites excluding steroid dienone is 1. The summed E-state index contributed by atoms with van der Waals surface area (Å²) in [5.74, 6) is 0.804. The molecule has 148 valence electrons. The van der Waals surface area contributed by atoms with Gasteiger partial charge in [-0.1, -0.05) is 63.3 Å². The second-order valence-corrected chi connectivity index (χ2v) is 9.16. The predicted molar refractivity (Wildman–Crippen MR) is 120 cm³/mol. The van der Waals surface area contributed by atoms with Crippen molar-refractivity contribution >= 4 is 28.4 Å². The molecule has 3 nitrogen and oxygen atoms in total. The molecule has 2 aromatic rings. The topological polar surface area (TPSA) is 46.5 Å². The van der Waals surface area contributed by atoms with Crippen LogP contribution in [0.2, 0.25) is 0 Å². The highest BCUT2D eigenvalue weighted by Gasteiger charge is 2.31. The van der Waals surface area contributed by atoms with Gasteiger partial charge in [-0.2, -0.15) is 0 Å². The summed E-state index contributed by atoms with van der Waals surface area (Å²) in [6.45, 7) is 6.42. The molecule has 0 bridgehead atoms. The van der Waals surface area contributed by atoms with Gasteiger partial charge in [-0.05, 0) is 40.3 Å². The van der Waals surface area contributed by atoms with Crippen molar-refractivity contribution in [2.75, 3.05) is 0 Å². The van der Waals surface area contributed by atoms with E-state index in [0.29, 0.717) is 12.2 Å². The third-order valence-corrected chi connectivity index (χ3v) is 6.18. The fraction of sp³-hybridized carbons (Fsp3) is 0.280. The number of hydrogen-bond donors (Lipinski definition) is 1. The standard InChI is InChI=1S/C25H24O3S/c1-25(2,3)23(29)12-15-4-6-16(7-5-15)24-19-10-8-17(26)13-21(19)28-22-14-18(27)9-11-20(22)24/h4-11,13,22,26H,12,14H2,1-3H3. The summed E-state index contributed by atoms with van der Waals surface area (Å²) in [6, 6.07) is 13.6. The lowest BCUT2D eigenvalue weighted by Gasteiger charge is -2.31. The van der Waals surface area contributed by atoms with Crippen molar-refractivity contribution in [1.29, 1.82) is 0 Å². The molecule has 4 heteroatoms. The molecule has 1 heterocycles. The van der Waals surface area contributed by atoms with Gasteiger partial charge >= 0.3 is 0 Å². The van der Waals surface area contributed by atoms with Gasteiger partial charge < -0.3 is 9.84 Å². The number of phenolic OH excluding ortho intramolecular Hbond substituents is 1. The quantitative estimate of drug-likeness (QED) is 0.692. The van der Waals surface area contributed by atoms with Gasteiger partial charge in [0.15, 0.2) is 5.78 Å². The van der Waals surface area contributed by atoms with E-state index in [0.717, 1.165) is 33.6 Å². The minimum atomic E-state index is -0.329. The molecule has 2 aliphatic rings. The van der Waals surface area contributed by atoms with Gasteiger partial charge in [0.1, 0.15) is 17.6 Å². The van der Waals surface area contributed by atoms with E-state index in [1.807, 2.05) is 12.1 Å². The second-order valence-electron chi connectivity index (χ2n) is 8.67. The van der Waals surface area contributed by atoms with Gasteiger partial charge in [0.25, 0.3) is 0 Å². The van der Waals surface area contributed by atoms with Crippen molar-refractivity contribution in [1.82, 2.24) is 0 Å². The molecule has 0 amide bonds. The van der Waals surface area contributed by atoms with Crippen molar-refractivity contribution in [3.8, 4) is 11.5 Å². The van der Waals surface area contributed by atoms with Crippen LogP contribution in [0.4, 0.5) is 0 Å². The minimum Gasteiger partial charge on any atom is -0.508 e. The number of ketones is 1. The third kappa shape index (κ3) is 3.90. The van der Waals surface area contributed by atoms with Crippen LogP contribution in [0.1, 0.15) is 43.9 Å². The number of benzene rings is 2. The molecule has 1 aliphatic carbocycles. The number of carbonyl (C=O) groups excluding carboxylic acids is 1. The maximum atomic E-state index is 11.9. The number of hydrogen-bond acceptors (Lipinski definition) is 4. The molecule has 0 aromatic heterocycles. The molecule has 1 unspecified atom stereocenters. The predicted octanol–water partition coefficient (Wildman–Crippen LogP) is 5.44. The Kier molecular flexibility index (Phi) is 4.91. The van der Waals surface area contributed by atoms with E-state index in [2.05, 4.69) is 45.0 Å². The highest BCUT2D eigenvalue weighted by Crippen LogP contribution is 2.43. The van der Waals surface area contributed by atoms with Crippen LogP contribution in [0.25, 0.3) is 5.57 Å². The van der Waals surface area contributed by atoms with Crippen molar-refractivity contribution in [3.63, 3.8) is 0 Å². The maximum absolute atomic E-state index is 11.9. The van der Waals surface area contributed by atoms with Crippen molar-refractivity contribution in [3.05, 3.63) is 76.9 Å². The second kappa shape index (κ2) is 7.27. The molecule has 1 atom stereocenters. The fourth-order valence-electron chi connectivity index (χ4n) is 3.69.